The molecule has 0 saturated carbocycles. The van der Waals surface area contributed by atoms with Crippen LogP contribution in [0.4, 0.5) is 0 Å². The summed E-state index contributed by atoms with van der Waals surface area (Å²) in [4.78, 5) is 34.3. The molecule has 11 heteroatoms. The number of aromatic nitrogens is 5. The van der Waals surface area contributed by atoms with E-state index >= 15 is 0 Å². The van der Waals surface area contributed by atoms with Gasteiger partial charge in [0.05, 0.1) is 23.9 Å². The predicted octanol–water partition coefficient (Wildman–Crippen LogP) is 3.59. The van der Waals surface area contributed by atoms with Gasteiger partial charge in [0, 0.05) is 44.0 Å². The fourth-order valence-electron chi connectivity index (χ4n) is 6.99. The highest BCUT2D eigenvalue weighted by Crippen LogP contribution is 2.41. The third-order valence-electron chi connectivity index (χ3n) is 9.97. The molecule has 0 bridgehead atoms. The van der Waals surface area contributed by atoms with Gasteiger partial charge in [-0.15, -0.1) is 5.10 Å². The van der Waals surface area contributed by atoms with E-state index < -0.39 is 0 Å². The summed E-state index contributed by atoms with van der Waals surface area (Å²) in [6.45, 7) is 8.21. The van der Waals surface area contributed by atoms with E-state index in [0.29, 0.717) is 30.1 Å². The lowest BCUT2D eigenvalue weighted by molar-refractivity contribution is -0.112. The quantitative estimate of drug-likeness (QED) is 0.272. The molecule has 0 aliphatic carbocycles. The fraction of sp³-hybridized carbons (Fsp3) is 0.412. The number of hydrogen-bond donors (Lipinski definition) is 1. The van der Waals surface area contributed by atoms with Crippen molar-refractivity contribution in [3.05, 3.63) is 95.1 Å². The Kier molecular flexibility index (Phi) is 8.62. The minimum Gasteiger partial charge on any atom is -0.496 e. The summed E-state index contributed by atoms with van der Waals surface area (Å²) in [6, 6.07) is 16.2. The summed E-state index contributed by atoms with van der Waals surface area (Å²) >= 11 is 0. The summed E-state index contributed by atoms with van der Waals surface area (Å²) in [6.07, 6.45) is 9.35. The van der Waals surface area contributed by atoms with Crippen molar-refractivity contribution in [2.24, 2.45) is 0 Å². The van der Waals surface area contributed by atoms with Crippen LogP contribution in [0.25, 0.3) is 5.69 Å². The topological polar surface area (TPSA) is 118 Å². The van der Waals surface area contributed by atoms with Crippen molar-refractivity contribution in [3.8, 4) is 11.4 Å². The van der Waals surface area contributed by atoms with E-state index in [9.17, 15) is 9.59 Å². The number of piperidine rings is 1. The lowest BCUT2D eigenvalue weighted by atomic mass is 9.75. The maximum absolute atomic E-state index is 14.1. The van der Waals surface area contributed by atoms with Gasteiger partial charge in [-0.25, -0.2) is 4.68 Å². The molecule has 4 aromatic rings. The van der Waals surface area contributed by atoms with Gasteiger partial charge < -0.3 is 19.9 Å². The molecule has 2 saturated heterocycles. The van der Waals surface area contributed by atoms with Crippen LogP contribution in [0.1, 0.15) is 58.3 Å². The van der Waals surface area contributed by atoms with Gasteiger partial charge in [0.2, 0.25) is 6.41 Å². The summed E-state index contributed by atoms with van der Waals surface area (Å²) < 4.78 is 7.15. The Morgan fingerprint density at radius 1 is 0.978 bits per heavy atom. The second-order valence-electron chi connectivity index (χ2n) is 12.4. The first-order valence-corrected chi connectivity index (χ1v) is 15.5. The van der Waals surface area contributed by atoms with Crippen LogP contribution in [0.5, 0.6) is 5.75 Å². The number of ether oxygens (including phenoxy) is 1. The number of aryl methyl sites for hydroxylation is 2. The molecule has 2 aliphatic rings. The van der Waals surface area contributed by atoms with E-state index in [2.05, 4.69) is 62.8 Å². The Morgan fingerprint density at radius 3 is 2.47 bits per heavy atom. The molecule has 1 N–H and O–H groups in total. The molecule has 4 heterocycles. The Morgan fingerprint density at radius 2 is 1.78 bits per heavy atom. The number of tetrazole rings is 1. The number of nitrogens with zero attached hydrogens (tertiary/aromatic N) is 7. The van der Waals surface area contributed by atoms with Gasteiger partial charge in [-0.3, -0.25) is 14.6 Å². The second kappa shape index (κ2) is 12.8. The highest BCUT2D eigenvalue weighted by molar-refractivity contribution is 5.97. The van der Waals surface area contributed by atoms with E-state index in [1.165, 1.54) is 27.7 Å². The molecule has 45 heavy (non-hydrogen) atoms. The smallest absolute Gasteiger partial charge is 0.257 e. The lowest BCUT2D eigenvalue weighted by Gasteiger charge is -2.43. The van der Waals surface area contributed by atoms with Crippen molar-refractivity contribution in [1.82, 2.24) is 40.3 Å². The first-order chi connectivity index (χ1) is 21.9. The molecule has 6 rings (SSSR count). The van der Waals surface area contributed by atoms with Crippen LogP contribution in [0.2, 0.25) is 0 Å². The zero-order valence-corrected chi connectivity index (χ0v) is 26.1. The number of carbonyl (C=O) groups is 2. The molecule has 11 nitrogen and oxygen atoms in total. The van der Waals surface area contributed by atoms with Crippen LogP contribution >= 0.6 is 0 Å². The molecule has 0 radical (unpaired) electrons. The van der Waals surface area contributed by atoms with E-state index in [0.717, 1.165) is 57.3 Å². The molecular weight excluding hydrogens is 568 g/mol. The zero-order chi connectivity index (χ0) is 31.4. The number of amides is 2. The van der Waals surface area contributed by atoms with Crippen LogP contribution in [0.3, 0.4) is 0 Å². The summed E-state index contributed by atoms with van der Waals surface area (Å²) in [5.74, 6) is 0.461. The highest BCUT2D eigenvalue weighted by Gasteiger charge is 2.43. The van der Waals surface area contributed by atoms with Gasteiger partial charge in [-0.1, -0.05) is 18.2 Å². The number of carbonyl (C=O) groups excluding carboxylic acids is 2. The van der Waals surface area contributed by atoms with Crippen LogP contribution < -0.4 is 10.1 Å². The Labute approximate surface area is 263 Å². The third-order valence-corrected chi connectivity index (χ3v) is 9.97. The van der Waals surface area contributed by atoms with E-state index in [1.807, 2.05) is 23.1 Å². The number of benzene rings is 2. The summed E-state index contributed by atoms with van der Waals surface area (Å²) in [5, 5.41) is 14.6. The largest absolute Gasteiger partial charge is 0.496 e. The SMILES string of the molecule is COc1ccc(-n2cnnn2)cc1C(=O)N1CCC(CCN2CCC(NC=O)(c3ccncc3)CC2)(c2ccc(C)c(C)c2)C1. The van der Waals surface area contributed by atoms with Gasteiger partial charge in [-0.05, 0) is 109 Å². The molecule has 234 valence electrons. The van der Waals surface area contributed by atoms with Crippen molar-refractivity contribution < 1.29 is 14.3 Å². The van der Waals surface area contributed by atoms with Gasteiger partial charge >= 0.3 is 0 Å². The second-order valence-corrected chi connectivity index (χ2v) is 12.4. The standard InChI is InChI=1S/C34H40N8O3/c1-25-4-5-28(20-26(25)2)33(10-16-40-17-12-34(13-18-40,36-24-43)27-8-14-35-15-9-27)11-19-41(22-33)32(44)30-21-29(6-7-31(30)45-3)42-23-37-38-39-42/h4-9,14-15,20-21,23-24H,10-13,16-19,22H2,1-3H3,(H,36,43). The predicted molar refractivity (Wildman–Crippen MR) is 169 cm³/mol. The van der Waals surface area contributed by atoms with Gasteiger partial charge in [0.1, 0.15) is 12.1 Å². The van der Waals surface area contributed by atoms with Gasteiger partial charge in [-0.2, -0.15) is 0 Å². The number of pyridine rings is 1. The Balaban J connectivity index is 1.22. The number of hydrogen-bond acceptors (Lipinski definition) is 8. The minimum absolute atomic E-state index is 0.0625. The maximum atomic E-state index is 14.1. The van der Waals surface area contributed by atoms with Gasteiger partial charge in [0.15, 0.2) is 0 Å². The molecule has 2 fully saturated rings. The van der Waals surface area contributed by atoms with Gasteiger partial charge in [0.25, 0.3) is 5.91 Å². The average molecular weight is 609 g/mol. The van der Waals surface area contributed by atoms with Crippen LogP contribution in [0.15, 0.2) is 67.3 Å². The summed E-state index contributed by atoms with van der Waals surface area (Å²) in [7, 11) is 1.58. The molecule has 1 unspecified atom stereocenters. The maximum Gasteiger partial charge on any atom is 0.257 e. The van der Waals surface area contributed by atoms with Crippen molar-refractivity contribution in [1.29, 1.82) is 0 Å². The molecule has 2 aliphatic heterocycles. The Bertz CT molecular complexity index is 1640. The third kappa shape index (κ3) is 6.04. The molecule has 0 spiro atoms. The lowest BCUT2D eigenvalue weighted by Crippen LogP contribution is -2.51. The fourth-order valence-corrected chi connectivity index (χ4v) is 6.99. The van der Waals surface area contributed by atoms with Crippen LogP contribution in [-0.4, -0.2) is 87.1 Å². The summed E-state index contributed by atoms with van der Waals surface area (Å²) in [5.41, 5.74) is 5.52. The number of likely N-dealkylation sites (tertiary alicyclic amines) is 2. The minimum atomic E-state index is -0.376. The Hall–Kier alpha value is -4.64. The number of nitrogens with one attached hydrogen (secondary N) is 1. The van der Waals surface area contributed by atoms with Crippen LogP contribution in [0, 0.1) is 13.8 Å². The first-order valence-electron chi connectivity index (χ1n) is 15.5. The molecule has 1 atom stereocenters. The number of methoxy groups -OCH3 is 1. The van der Waals surface area contributed by atoms with E-state index in [-0.39, 0.29) is 16.9 Å². The monoisotopic (exact) mass is 608 g/mol. The number of rotatable bonds is 10. The van der Waals surface area contributed by atoms with E-state index in [1.54, 1.807) is 31.6 Å². The molecular formula is C34H40N8O3. The highest BCUT2D eigenvalue weighted by atomic mass is 16.5. The zero-order valence-electron chi connectivity index (χ0n) is 26.1. The molecule has 2 aromatic heterocycles. The molecule has 2 aromatic carbocycles. The van der Waals surface area contributed by atoms with Crippen molar-refractivity contribution >= 4 is 12.3 Å². The van der Waals surface area contributed by atoms with E-state index in [4.69, 9.17) is 4.74 Å². The first kappa shape index (κ1) is 30.4. The van der Waals surface area contributed by atoms with Crippen LogP contribution in [-0.2, 0) is 15.7 Å². The van der Waals surface area contributed by atoms with Crippen molar-refractivity contribution in [3.63, 3.8) is 0 Å². The molecule has 2 amide bonds. The average Bonchev–Trinajstić information content (AvgIpc) is 3.78. The van der Waals surface area contributed by atoms with Crippen molar-refractivity contribution in [2.75, 3.05) is 39.8 Å². The normalized spacial score (nSPS) is 19.8. The van der Waals surface area contributed by atoms with Crippen molar-refractivity contribution in [2.45, 2.75) is 50.5 Å².